The van der Waals surface area contributed by atoms with Gasteiger partial charge in [0.2, 0.25) is 6.29 Å². The molecular formula is C10H18O3. The van der Waals surface area contributed by atoms with Gasteiger partial charge in [-0.3, -0.25) is 4.79 Å². The summed E-state index contributed by atoms with van der Waals surface area (Å²) in [5.74, 6) is 0. The smallest absolute Gasteiger partial charge is 0.212 e. The molecule has 0 rings (SSSR count). The summed E-state index contributed by atoms with van der Waals surface area (Å²) < 4.78 is 5.03. The number of ether oxygens (including phenoxy) is 1. The van der Waals surface area contributed by atoms with Crippen molar-refractivity contribution >= 4 is 6.29 Å². The van der Waals surface area contributed by atoms with Crippen molar-refractivity contribution in [3.05, 3.63) is 12.2 Å². The Labute approximate surface area is 79.4 Å². The highest BCUT2D eigenvalue weighted by Gasteiger charge is 2.09. The van der Waals surface area contributed by atoms with Gasteiger partial charge in [-0.1, -0.05) is 26.0 Å². The summed E-state index contributed by atoms with van der Waals surface area (Å²) in [5.41, 5.74) is 0. The van der Waals surface area contributed by atoms with Gasteiger partial charge >= 0.3 is 0 Å². The predicted octanol–water partition coefficient (Wildman–Crippen LogP) is 1.66. The van der Waals surface area contributed by atoms with Gasteiger partial charge in [-0.05, 0) is 19.3 Å². The van der Waals surface area contributed by atoms with E-state index in [1.807, 2.05) is 19.1 Å². The van der Waals surface area contributed by atoms with Gasteiger partial charge in [0, 0.05) is 0 Å². The molecule has 0 aromatic rings. The molecule has 0 aromatic heterocycles. The van der Waals surface area contributed by atoms with Crippen LogP contribution in [0.4, 0.5) is 0 Å². The summed E-state index contributed by atoms with van der Waals surface area (Å²) in [7, 11) is 0. The van der Waals surface area contributed by atoms with E-state index in [0.29, 0.717) is 6.29 Å². The van der Waals surface area contributed by atoms with Crippen molar-refractivity contribution in [1.82, 2.24) is 0 Å². The van der Waals surface area contributed by atoms with Gasteiger partial charge in [0.05, 0.1) is 6.10 Å². The van der Waals surface area contributed by atoms with E-state index in [2.05, 4.69) is 6.92 Å². The molecule has 0 heterocycles. The van der Waals surface area contributed by atoms with Crippen molar-refractivity contribution in [2.75, 3.05) is 0 Å². The standard InChI is InChI=1S/C10H18O3/c1-3-5-6-7-9(4-2)13-10(12)8-11/h5-6,8-10,12H,3-4,7H2,1-2H3/b6-5-. The highest BCUT2D eigenvalue weighted by atomic mass is 16.6. The molecule has 0 bridgehead atoms. The molecule has 13 heavy (non-hydrogen) atoms. The van der Waals surface area contributed by atoms with Crippen LogP contribution in [0.2, 0.25) is 0 Å². The SMILES string of the molecule is CC/C=C\CC(CC)OC(O)C=O. The van der Waals surface area contributed by atoms with Gasteiger partial charge < -0.3 is 9.84 Å². The quantitative estimate of drug-likeness (QED) is 0.373. The first kappa shape index (κ1) is 12.3. The second-order valence-electron chi connectivity index (χ2n) is 2.81. The molecule has 2 atom stereocenters. The fourth-order valence-electron chi connectivity index (χ4n) is 0.962. The normalized spacial score (nSPS) is 15.9. The first-order chi connectivity index (χ1) is 6.24. The van der Waals surface area contributed by atoms with Crippen molar-refractivity contribution in [3.8, 4) is 0 Å². The van der Waals surface area contributed by atoms with Crippen LogP contribution in [0, 0.1) is 0 Å². The van der Waals surface area contributed by atoms with E-state index in [1.54, 1.807) is 0 Å². The van der Waals surface area contributed by atoms with Crippen LogP contribution in [0.5, 0.6) is 0 Å². The zero-order chi connectivity index (χ0) is 10.1. The summed E-state index contributed by atoms with van der Waals surface area (Å²) in [6.07, 6.45) is 5.63. The highest BCUT2D eigenvalue weighted by Crippen LogP contribution is 2.06. The number of hydrogen-bond acceptors (Lipinski definition) is 3. The van der Waals surface area contributed by atoms with Gasteiger partial charge in [0.25, 0.3) is 0 Å². The van der Waals surface area contributed by atoms with Gasteiger partial charge in [0.15, 0.2) is 6.29 Å². The average molecular weight is 186 g/mol. The molecule has 0 aliphatic heterocycles. The van der Waals surface area contributed by atoms with Crippen LogP contribution >= 0.6 is 0 Å². The first-order valence-corrected chi connectivity index (χ1v) is 4.68. The van der Waals surface area contributed by atoms with Crippen LogP contribution < -0.4 is 0 Å². The molecule has 2 unspecified atom stereocenters. The minimum atomic E-state index is -1.28. The molecular weight excluding hydrogens is 168 g/mol. The van der Waals surface area contributed by atoms with Crippen LogP contribution in [-0.2, 0) is 9.53 Å². The molecule has 0 fully saturated rings. The Morgan fingerprint density at radius 3 is 2.54 bits per heavy atom. The second kappa shape index (κ2) is 7.95. The largest absolute Gasteiger partial charge is 0.362 e. The Morgan fingerprint density at radius 2 is 2.08 bits per heavy atom. The van der Waals surface area contributed by atoms with E-state index in [1.165, 1.54) is 0 Å². The zero-order valence-electron chi connectivity index (χ0n) is 8.27. The minimum Gasteiger partial charge on any atom is -0.362 e. The maximum atomic E-state index is 10.1. The summed E-state index contributed by atoms with van der Waals surface area (Å²) in [6, 6.07) is 0. The van der Waals surface area contributed by atoms with E-state index >= 15 is 0 Å². The summed E-state index contributed by atoms with van der Waals surface area (Å²) >= 11 is 0. The van der Waals surface area contributed by atoms with Crippen LogP contribution in [0.3, 0.4) is 0 Å². The lowest BCUT2D eigenvalue weighted by atomic mass is 10.2. The molecule has 3 nitrogen and oxygen atoms in total. The second-order valence-corrected chi connectivity index (χ2v) is 2.81. The number of allylic oxidation sites excluding steroid dienone is 1. The van der Waals surface area contributed by atoms with Crippen molar-refractivity contribution in [2.45, 2.75) is 45.5 Å². The predicted molar refractivity (Wildman–Crippen MR) is 51.3 cm³/mol. The maximum absolute atomic E-state index is 10.1. The van der Waals surface area contributed by atoms with E-state index in [9.17, 15) is 4.79 Å². The topological polar surface area (TPSA) is 46.5 Å². The fraction of sp³-hybridized carbons (Fsp3) is 0.700. The third-order valence-electron chi connectivity index (χ3n) is 1.70. The van der Waals surface area contributed by atoms with Crippen molar-refractivity contribution in [3.63, 3.8) is 0 Å². The molecule has 0 radical (unpaired) electrons. The Morgan fingerprint density at radius 1 is 1.38 bits per heavy atom. The van der Waals surface area contributed by atoms with Crippen LogP contribution in [-0.4, -0.2) is 23.8 Å². The third-order valence-corrected chi connectivity index (χ3v) is 1.70. The van der Waals surface area contributed by atoms with Gasteiger partial charge in [-0.2, -0.15) is 0 Å². The number of aldehydes is 1. The lowest BCUT2D eigenvalue weighted by Gasteiger charge is -2.15. The molecule has 0 aliphatic carbocycles. The number of aliphatic hydroxyl groups excluding tert-OH is 1. The van der Waals surface area contributed by atoms with Crippen molar-refractivity contribution in [2.24, 2.45) is 0 Å². The number of hydrogen-bond donors (Lipinski definition) is 1. The monoisotopic (exact) mass is 186 g/mol. The summed E-state index contributed by atoms with van der Waals surface area (Å²) in [6.45, 7) is 4.01. The van der Waals surface area contributed by atoms with E-state index in [4.69, 9.17) is 9.84 Å². The van der Waals surface area contributed by atoms with E-state index < -0.39 is 6.29 Å². The summed E-state index contributed by atoms with van der Waals surface area (Å²) in [5, 5.41) is 8.90. The maximum Gasteiger partial charge on any atom is 0.212 e. The molecule has 3 heteroatoms. The Balaban J connectivity index is 3.74. The molecule has 0 spiro atoms. The molecule has 0 saturated carbocycles. The lowest BCUT2D eigenvalue weighted by molar-refractivity contribution is -0.154. The van der Waals surface area contributed by atoms with Crippen molar-refractivity contribution in [1.29, 1.82) is 0 Å². The van der Waals surface area contributed by atoms with Crippen LogP contribution in [0.25, 0.3) is 0 Å². The average Bonchev–Trinajstić information content (AvgIpc) is 2.16. The molecule has 0 saturated heterocycles. The third kappa shape index (κ3) is 6.49. The molecule has 0 amide bonds. The minimum absolute atomic E-state index is 0.0667. The van der Waals surface area contributed by atoms with Crippen molar-refractivity contribution < 1.29 is 14.6 Å². The van der Waals surface area contributed by atoms with Gasteiger partial charge in [-0.15, -0.1) is 0 Å². The van der Waals surface area contributed by atoms with E-state index in [-0.39, 0.29) is 6.10 Å². The fourth-order valence-corrected chi connectivity index (χ4v) is 0.962. The summed E-state index contributed by atoms with van der Waals surface area (Å²) in [4.78, 5) is 10.1. The molecule has 0 aromatic carbocycles. The van der Waals surface area contributed by atoms with Gasteiger partial charge in [0.1, 0.15) is 0 Å². The molecule has 76 valence electrons. The lowest BCUT2D eigenvalue weighted by Crippen LogP contribution is -2.21. The van der Waals surface area contributed by atoms with E-state index in [0.717, 1.165) is 19.3 Å². The zero-order valence-corrected chi connectivity index (χ0v) is 8.27. The molecule has 1 N–H and O–H groups in total. The van der Waals surface area contributed by atoms with Crippen LogP contribution in [0.1, 0.15) is 33.1 Å². The highest BCUT2D eigenvalue weighted by molar-refractivity contribution is 5.53. The Bertz CT molecular complexity index is 154. The number of carbonyl (C=O) groups excluding carboxylic acids is 1. The number of rotatable bonds is 7. The van der Waals surface area contributed by atoms with Gasteiger partial charge in [-0.25, -0.2) is 0 Å². The molecule has 0 aliphatic rings. The first-order valence-electron chi connectivity index (χ1n) is 4.68. The Hall–Kier alpha value is -0.670. The Kier molecular flexibility index (Phi) is 7.54. The number of carbonyl (C=O) groups is 1. The van der Waals surface area contributed by atoms with Crippen LogP contribution in [0.15, 0.2) is 12.2 Å². The number of aliphatic hydroxyl groups is 1.